The SMILES string of the molecule is COCOC(=O)CCC(=O)Nc1ncc(C)s1. The highest BCUT2D eigenvalue weighted by Crippen LogP contribution is 2.16. The summed E-state index contributed by atoms with van der Waals surface area (Å²) in [5, 5.41) is 3.14. The fraction of sp³-hybridized carbons (Fsp3) is 0.500. The van der Waals surface area contributed by atoms with Gasteiger partial charge in [-0.2, -0.15) is 0 Å². The molecule has 1 rings (SSSR count). The monoisotopic (exact) mass is 258 g/mol. The van der Waals surface area contributed by atoms with Crippen LogP contribution in [0.1, 0.15) is 17.7 Å². The Balaban J connectivity index is 2.23. The van der Waals surface area contributed by atoms with Crippen molar-refractivity contribution in [1.82, 2.24) is 4.98 Å². The van der Waals surface area contributed by atoms with Crippen LogP contribution in [0, 0.1) is 6.92 Å². The van der Waals surface area contributed by atoms with Crippen molar-refractivity contribution in [2.75, 3.05) is 19.2 Å². The summed E-state index contributed by atoms with van der Waals surface area (Å²) in [7, 11) is 1.42. The second kappa shape index (κ2) is 6.97. The predicted octanol–water partition coefficient (Wildman–Crippen LogP) is 1.32. The molecule has 6 nitrogen and oxygen atoms in total. The van der Waals surface area contributed by atoms with E-state index in [4.69, 9.17) is 0 Å². The number of carbonyl (C=O) groups is 2. The third-order valence-corrected chi connectivity index (χ3v) is 2.59. The molecular weight excluding hydrogens is 244 g/mol. The minimum absolute atomic E-state index is 0.0273. The molecule has 1 amide bonds. The number of aryl methyl sites for hydroxylation is 1. The molecule has 1 N–H and O–H groups in total. The van der Waals surface area contributed by atoms with E-state index in [-0.39, 0.29) is 25.5 Å². The van der Waals surface area contributed by atoms with Crippen molar-refractivity contribution in [3.8, 4) is 0 Å². The number of rotatable bonds is 6. The topological polar surface area (TPSA) is 77.5 Å². The normalized spacial score (nSPS) is 10.0. The first-order valence-electron chi connectivity index (χ1n) is 4.98. The van der Waals surface area contributed by atoms with Crippen LogP contribution in [0.2, 0.25) is 0 Å². The fourth-order valence-electron chi connectivity index (χ4n) is 1.01. The van der Waals surface area contributed by atoms with Crippen molar-refractivity contribution >= 4 is 28.3 Å². The molecule has 0 aromatic carbocycles. The zero-order chi connectivity index (χ0) is 12.7. The average Bonchev–Trinajstić information content (AvgIpc) is 2.69. The fourth-order valence-corrected chi connectivity index (χ4v) is 1.69. The first kappa shape index (κ1) is 13.6. The zero-order valence-electron chi connectivity index (χ0n) is 9.69. The van der Waals surface area contributed by atoms with E-state index in [9.17, 15) is 9.59 Å². The Hall–Kier alpha value is -1.47. The van der Waals surface area contributed by atoms with Gasteiger partial charge in [0.25, 0.3) is 0 Å². The summed E-state index contributed by atoms with van der Waals surface area (Å²) in [6.45, 7) is 1.81. The van der Waals surface area contributed by atoms with Crippen LogP contribution in [0.15, 0.2) is 6.20 Å². The maximum atomic E-state index is 11.4. The average molecular weight is 258 g/mol. The number of nitrogens with zero attached hydrogens (tertiary/aromatic N) is 1. The summed E-state index contributed by atoms with van der Waals surface area (Å²) in [4.78, 5) is 27.5. The second-order valence-electron chi connectivity index (χ2n) is 3.25. The van der Waals surface area contributed by atoms with Gasteiger partial charge in [-0.1, -0.05) is 0 Å². The number of hydrogen-bond donors (Lipinski definition) is 1. The number of carbonyl (C=O) groups excluding carboxylic acids is 2. The molecule has 0 fully saturated rings. The summed E-state index contributed by atoms with van der Waals surface area (Å²) < 4.78 is 9.21. The molecule has 1 aromatic rings. The maximum absolute atomic E-state index is 11.4. The van der Waals surface area contributed by atoms with Crippen LogP contribution in [0.5, 0.6) is 0 Å². The van der Waals surface area contributed by atoms with Gasteiger partial charge < -0.3 is 14.8 Å². The summed E-state index contributed by atoms with van der Waals surface area (Å²) in [6, 6.07) is 0. The van der Waals surface area contributed by atoms with Crippen molar-refractivity contribution in [3.63, 3.8) is 0 Å². The number of amides is 1. The first-order valence-corrected chi connectivity index (χ1v) is 5.80. The number of methoxy groups -OCH3 is 1. The number of anilines is 1. The lowest BCUT2D eigenvalue weighted by molar-refractivity contribution is -0.154. The third-order valence-electron chi connectivity index (χ3n) is 1.76. The molecular formula is C10H14N2O4S. The Kier molecular flexibility index (Phi) is 5.58. The molecule has 0 aliphatic carbocycles. The number of hydrogen-bond acceptors (Lipinski definition) is 6. The minimum Gasteiger partial charge on any atom is -0.438 e. The van der Waals surface area contributed by atoms with Gasteiger partial charge >= 0.3 is 5.97 Å². The lowest BCUT2D eigenvalue weighted by atomic mass is 10.3. The van der Waals surface area contributed by atoms with Gasteiger partial charge in [-0.25, -0.2) is 4.98 Å². The van der Waals surface area contributed by atoms with Crippen LogP contribution in [0.3, 0.4) is 0 Å². The maximum Gasteiger partial charge on any atom is 0.308 e. The molecule has 0 saturated heterocycles. The Morgan fingerprint density at radius 1 is 1.47 bits per heavy atom. The minimum atomic E-state index is -0.461. The van der Waals surface area contributed by atoms with E-state index in [1.54, 1.807) is 6.20 Å². The molecule has 94 valence electrons. The number of esters is 1. The lowest BCUT2D eigenvalue weighted by Crippen LogP contribution is -2.15. The Morgan fingerprint density at radius 3 is 2.82 bits per heavy atom. The van der Waals surface area contributed by atoms with Crippen molar-refractivity contribution in [1.29, 1.82) is 0 Å². The van der Waals surface area contributed by atoms with E-state index in [1.807, 2.05) is 6.92 Å². The smallest absolute Gasteiger partial charge is 0.308 e. The van der Waals surface area contributed by atoms with Gasteiger partial charge in [0, 0.05) is 24.6 Å². The molecule has 0 spiro atoms. The van der Waals surface area contributed by atoms with Crippen molar-refractivity contribution in [3.05, 3.63) is 11.1 Å². The molecule has 0 bridgehead atoms. The number of thiazole rings is 1. The van der Waals surface area contributed by atoms with Gasteiger partial charge in [0.2, 0.25) is 5.91 Å². The van der Waals surface area contributed by atoms with E-state index in [0.717, 1.165) is 4.88 Å². The van der Waals surface area contributed by atoms with Crippen molar-refractivity contribution < 1.29 is 19.1 Å². The molecule has 0 unspecified atom stereocenters. The third kappa shape index (κ3) is 5.41. The molecule has 0 aliphatic rings. The molecule has 0 radical (unpaired) electrons. The molecule has 7 heteroatoms. The highest BCUT2D eigenvalue weighted by atomic mass is 32.1. The molecule has 1 aromatic heterocycles. The second-order valence-corrected chi connectivity index (χ2v) is 4.48. The Morgan fingerprint density at radius 2 is 2.24 bits per heavy atom. The van der Waals surface area contributed by atoms with Crippen LogP contribution in [-0.4, -0.2) is 30.8 Å². The lowest BCUT2D eigenvalue weighted by Gasteiger charge is -2.03. The Labute approximate surface area is 103 Å². The van der Waals surface area contributed by atoms with Gasteiger partial charge in [-0.05, 0) is 6.92 Å². The van der Waals surface area contributed by atoms with E-state index in [2.05, 4.69) is 19.8 Å². The highest BCUT2D eigenvalue weighted by Gasteiger charge is 2.09. The van der Waals surface area contributed by atoms with E-state index >= 15 is 0 Å². The van der Waals surface area contributed by atoms with Gasteiger partial charge in [-0.3, -0.25) is 9.59 Å². The van der Waals surface area contributed by atoms with E-state index in [0.29, 0.717) is 5.13 Å². The summed E-state index contributed by atoms with van der Waals surface area (Å²) >= 11 is 1.38. The van der Waals surface area contributed by atoms with E-state index < -0.39 is 5.97 Å². The number of ether oxygens (including phenoxy) is 2. The van der Waals surface area contributed by atoms with Crippen LogP contribution >= 0.6 is 11.3 Å². The van der Waals surface area contributed by atoms with Crippen LogP contribution in [0.25, 0.3) is 0 Å². The highest BCUT2D eigenvalue weighted by molar-refractivity contribution is 7.15. The van der Waals surface area contributed by atoms with Crippen LogP contribution in [0.4, 0.5) is 5.13 Å². The quantitative estimate of drug-likeness (QED) is 0.615. The van der Waals surface area contributed by atoms with Crippen LogP contribution < -0.4 is 5.32 Å². The van der Waals surface area contributed by atoms with Crippen molar-refractivity contribution in [2.24, 2.45) is 0 Å². The van der Waals surface area contributed by atoms with Crippen LogP contribution in [-0.2, 0) is 19.1 Å². The van der Waals surface area contributed by atoms with Gasteiger partial charge in [0.15, 0.2) is 11.9 Å². The largest absolute Gasteiger partial charge is 0.438 e. The summed E-state index contributed by atoms with van der Waals surface area (Å²) in [5.41, 5.74) is 0. The molecule has 0 saturated carbocycles. The molecule has 1 heterocycles. The first-order chi connectivity index (χ1) is 8.11. The van der Waals surface area contributed by atoms with Gasteiger partial charge in [0.1, 0.15) is 0 Å². The van der Waals surface area contributed by atoms with Gasteiger partial charge in [-0.15, -0.1) is 11.3 Å². The van der Waals surface area contributed by atoms with Gasteiger partial charge in [0.05, 0.1) is 6.42 Å². The molecule has 0 aliphatic heterocycles. The molecule has 0 atom stereocenters. The Bertz CT molecular complexity index is 391. The standard InChI is InChI=1S/C10H14N2O4S/c1-7-5-11-10(17-7)12-8(13)3-4-9(14)16-6-15-2/h5H,3-4,6H2,1-2H3,(H,11,12,13). The van der Waals surface area contributed by atoms with Crippen molar-refractivity contribution in [2.45, 2.75) is 19.8 Å². The zero-order valence-corrected chi connectivity index (χ0v) is 10.5. The number of aromatic nitrogens is 1. The summed E-state index contributed by atoms with van der Waals surface area (Å²) in [6.07, 6.45) is 1.77. The molecule has 17 heavy (non-hydrogen) atoms. The van der Waals surface area contributed by atoms with E-state index in [1.165, 1.54) is 18.4 Å². The summed E-state index contributed by atoms with van der Waals surface area (Å²) in [5.74, 6) is -0.717. The predicted molar refractivity (Wildman–Crippen MR) is 62.7 cm³/mol. The number of nitrogens with one attached hydrogen (secondary N) is 1.